The fraction of sp³-hybridized carbons (Fsp3) is 0.267. The number of hydrogen-bond acceptors (Lipinski definition) is 3. The Hall–Kier alpha value is -2.43. The van der Waals surface area contributed by atoms with Crippen LogP contribution < -0.4 is 5.56 Å². The van der Waals surface area contributed by atoms with Crippen LogP contribution in [0.1, 0.15) is 27.3 Å². The lowest BCUT2D eigenvalue weighted by Crippen LogP contribution is -2.26. The molecule has 2 rings (SSSR count). The monoisotopic (exact) mass is 272 g/mol. The summed E-state index contributed by atoms with van der Waals surface area (Å²) in [5.74, 6) is -1.01. The molecule has 0 unspecified atom stereocenters. The minimum absolute atomic E-state index is 0.180. The van der Waals surface area contributed by atoms with Crippen molar-refractivity contribution in [3.8, 4) is 0 Å². The van der Waals surface area contributed by atoms with E-state index in [0.29, 0.717) is 24.2 Å². The molecule has 2 aromatic rings. The summed E-state index contributed by atoms with van der Waals surface area (Å²) in [5, 5.41) is 9.22. The van der Waals surface area contributed by atoms with E-state index in [1.54, 1.807) is 20.0 Å². The lowest BCUT2D eigenvalue weighted by molar-refractivity contribution is 0.0694. The lowest BCUT2D eigenvalue weighted by Gasteiger charge is -2.13. The van der Waals surface area contributed by atoms with Gasteiger partial charge in [-0.05, 0) is 31.5 Å². The summed E-state index contributed by atoms with van der Waals surface area (Å²) < 4.78 is 1.49. The minimum atomic E-state index is -1.01. The van der Waals surface area contributed by atoms with Gasteiger partial charge in [-0.3, -0.25) is 9.78 Å². The molecule has 2 aromatic heterocycles. The maximum atomic E-state index is 12.0. The largest absolute Gasteiger partial charge is 0.478 e. The molecule has 0 spiro atoms. The summed E-state index contributed by atoms with van der Waals surface area (Å²) in [6, 6.07) is 6.96. The molecule has 0 aromatic carbocycles. The second kappa shape index (κ2) is 5.69. The van der Waals surface area contributed by atoms with Crippen molar-refractivity contribution in [2.75, 3.05) is 0 Å². The van der Waals surface area contributed by atoms with Crippen LogP contribution in [0.25, 0.3) is 0 Å². The van der Waals surface area contributed by atoms with Gasteiger partial charge in [0.25, 0.3) is 5.56 Å². The van der Waals surface area contributed by atoms with Gasteiger partial charge in [-0.25, -0.2) is 4.79 Å². The van der Waals surface area contributed by atoms with Crippen molar-refractivity contribution in [3.63, 3.8) is 0 Å². The molecule has 104 valence electrons. The highest BCUT2D eigenvalue weighted by molar-refractivity contribution is 5.90. The van der Waals surface area contributed by atoms with Gasteiger partial charge in [-0.1, -0.05) is 6.07 Å². The summed E-state index contributed by atoms with van der Waals surface area (Å²) in [7, 11) is 0. The van der Waals surface area contributed by atoms with Crippen LogP contribution in [0.5, 0.6) is 0 Å². The van der Waals surface area contributed by atoms with Crippen LogP contribution in [-0.2, 0) is 13.0 Å². The number of hydrogen-bond donors (Lipinski definition) is 1. The van der Waals surface area contributed by atoms with E-state index in [9.17, 15) is 14.7 Å². The van der Waals surface area contributed by atoms with Gasteiger partial charge < -0.3 is 9.67 Å². The number of rotatable bonds is 4. The molecule has 0 aliphatic rings. The highest BCUT2D eigenvalue weighted by atomic mass is 16.4. The molecular weight excluding hydrogens is 256 g/mol. The number of carboxylic acid groups (broad SMARTS) is 1. The Morgan fingerprint density at radius 1 is 1.35 bits per heavy atom. The van der Waals surface area contributed by atoms with Crippen LogP contribution in [0, 0.1) is 13.8 Å². The van der Waals surface area contributed by atoms with E-state index in [2.05, 4.69) is 4.98 Å². The van der Waals surface area contributed by atoms with E-state index in [-0.39, 0.29) is 11.1 Å². The van der Waals surface area contributed by atoms with Crippen LogP contribution in [-0.4, -0.2) is 20.6 Å². The Bertz CT molecular complexity index is 690. The number of carbonyl (C=O) groups is 1. The molecule has 1 N–H and O–H groups in total. The van der Waals surface area contributed by atoms with Crippen molar-refractivity contribution in [2.24, 2.45) is 0 Å². The Kier molecular flexibility index (Phi) is 3.98. The Morgan fingerprint density at radius 3 is 2.70 bits per heavy atom. The maximum Gasteiger partial charge on any atom is 0.337 e. The first-order valence-electron chi connectivity index (χ1n) is 6.35. The van der Waals surface area contributed by atoms with Gasteiger partial charge in [0, 0.05) is 36.6 Å². The molecule has 0 amide bonds. The number of nitrogens with zero attached hydrogens (tertiary/aromatic N) is 2. The third-order valence-electron chi connectivity index (χ3n) is 3.30. The van der Waals surface area contributed by atoms with Crippen molar-refractivity contribution in [2.45, 2.75) is 26.8 Å². The molecule has 0 saturated heterocycles. The standard InChI is InChI=1S/C15H16N2O3/c1-10-9-13(18)17(11(2)14(10)15(19)20)8-6-12-5-3-4-7-16-12/h3-5,7,9H,6,8H2,1-2H3,(H,19,20). The SMILES string of the molecule is Cc1cc(=O)n(CCc2ccccn2)c(C)c1C(=O)O. The number of aromatic nitrogens is 2. The highest BCUT2D eigenvalue weighted by Gasteiger charge is 2.15. The fourth-order valence-corrected chi connectivity index (χ4v) is 2.29. The summed E-state index contributed by atoms with van der Waals surface area (Å²) in [4.78, 5) is 27.5. The molecule has 5 heteroatoms. The topological polar surface area (TPSA) is 72.2 Å². The maximum absolute atomic E-state index is 12.0. The normalized spacial score (nSPS) is 10.5. The average molecular weight is 272 g/mol. The molecule has 0 aliphatic heterocycles. The fourth-order valence-electron chi connectivity index (χ4n) is 2.29. The van der Waals surface area contributed by atoms with E-state index in [1.807, 2.05) is 18.2 Å². The minimum Gasteiger partial charge on any atom is -0.478 e. The molecule has 0 bridgehead atoms. The van der Waals surface area contributed by atoms with Gasteiger partial charge in [0.1, 0.15) is 0 Å². The Morgan fingerprint density at radius 2 is 2.10 bits per heavy atom. The molecule has 0 saturated carbocycles. The predicted octanol–water partition coefficient (Wildman–Crippen LogP) is 1.80. The van der Waals surface area contributed by atoms with E-state index < -0.39 is 5.97 Å². The smallest absolute Gasteiger partial charge is 0.337 e. The first-order valence-corrected chi connectivity index (χ1v) is 6.35. The first-order chi connectivity index (χ1) is 9.50. The summed E-state index contributed by atoms with van der Waals surface area (Å²) in [6.07, 6.45) is 2.28. The summed E-state index contributed by atoms with van der Waals surface area (Å²) >= 11 is 0. The van der Waals surface area contributed by atoms with Crippen molar-refractivity contribution >= 4 is 5.97 Å². The predicted molar refractivity (Wildman–Crippen MR) is 75.1 cm³/mol. The zero-order chi connectivity index (χ0) is 14.7. The van der Waals surface area contributed by atoms with Crippen LogP contribution in [0.2, 0.25) is 0 Å². The second-order valence-electron chi connectivity index (χ2n) is 4.65. The molecule has 0 radical (unpaired) electrons. The number of carboxylic acids is 1. The first kappa shape index (κ1) is 14.0. The molecule has 0 fully saturated rings. The van der Waals surface area contributed by atoms with E-state index in [4.69, 9.17) is 0 Å². The molecule has 5 nitrogen and oxygen atoms in total. The van der Waals surface area contributed by atoms with Crippen molar-refractivity contribution in [1.29, 1.82) is 0 Å². The van der Waals surface area contributed by atoms with Crippen molar-refractivity contribution in [3.05, 3.63) is 63.3 Å². The summed E-state index contributed by atoms with van der Waals surface area (Å²) in [6.45, 7) is 3.72. The van der Waals surface area contributed by atoms with Gasteiger partial charge in [0.05, 0.1) is 5.56 Å². The van der Waals surface area contributed by atoms with Gasteiger partial charge in [-0.15, -0.1) is 0 Å². The third-order valence-corrected chi connectivity index (χ3v) is 3.30. The van der Waals surface area contributed by atoms with Crippen LogP contribution in [0.4, 0.5) is 0 Å². The molecule has 20 heavy (non-hydrogen) atoms. The summed E-state index contributed by atoms with van der Waals surface area (Å²) in [5.41, 5.74) is 1.87. The quantitative estimate of drug-likeness (QED) is 0.921. The van der Waals surface area contributed by atoms with Crippen LogP contribution >= 0.6 is 0 Å². The van der Waals surface area contributed by atoms with E-state index >= 15 is 0 Å². The third kappa shape index (κ3) is 2.77. The van der Waals surface area contributed by atoms with Gasteiger partial charge in [0.2, 0.25) is 0 Å². The van der Waals surface area contributed by atoms with Crippen molar-refractivity contribution in [1.82, 2.24) is 9.55 Å². The van der Waals surface area contributed by atoms with E-state index in [1.165, 1.54) is 10.6 Å². The van der Waals surface area contributed by atoms with Gasteiger partial charge in [0.15, 0.2) is 0 Å². The van der Waals surface area contributed by atoms with Crippen LogP contribution in [0.3, 0.4) is 0 Å². The Labute approximate surface area is 116 Å². The Balaban J connectivity index is 2.35. The lowest BCUT2D eigenvalue weighted by atomic mass is 10.1. The highest BCUT2D eigenvalue weighted by Crippen LogP contribution is 2.11. The molecular formula is C15H16N2O3. The van der Waals surface area contributed by atoms with Gasteiger partial charge >= 0.3 is 5.97 Å². The molecule has 2 heterocycles. The zero-order valence-corrected chi connectivity index (χ0v) is 11.5. The van der Waals surface area contributed by atoms with Crippen LogP contribution in [0.15, 0.2) is 35.3 Å². The number of pyridine rings is 2. The second-order valence-corrected chi connectivity index (χ2v) is 4.65. The average Bonchev–Trinajstić information content (AvgIpc) is 2.38. The molecule has 0 atom stereocenters. The van der Waals surface area contributed by atoms with Crippen molar-refractivity contribution < 1.29 is 9.90 Å². The van der Waals surface area contributed by atoms with Gasteiger partial charge in [-0.2, -0.15) is 0 Å². The van der Waals surface area contributed by atoms with E-state index in [0.717, 1.165) is 5.69 Å². The zero-order valence-electron chi connectivity index (χ0n) is 11.5. The number of aryl methyl sites for hydroxylation is 2. The number of aromatic carboxylic acids is 1. The molecule has 0 aliphatic carbocycles.